The van der Waals surface area contributed by atoms with Crippen molar-refractivity contribution >= 4 is 43.9 Å². The second-order valence-corrected chi connectivity index (χ2v) is 6.81. The summed E-state index contributed by atoms with van der Waals surface area (Å²) in [5.41, 5.74) is 2.23. The Morgan fingerprint density at radius 3 is 2.04 bits per heavy atom. The van der Waals surface area contributed by atoms with Crippen LogP contribution in [0.4, 0.5) is 0 Å². The number of rotatable bonds is 1. The minimum Gasteiger partial charge on any atom is -0.0836 e. The van der Waals surface area contributed by atoms with Gasteiger partial charge in [-0.15, -0.1) is 0 Å². The summed E-state index contributed by atoms with van der Waals surface area (Å²) in [5, 5.41) is 8.17. The van der Waals surface area contributed by atoms with Crippen molar-refractivity contribution < 1.29 is 0 Å². The van der Waals surface area contributed by atoms with E-state index in [0.717, 1.165) is 16.1 Å². The lowest BCUT2D eigenvalue weighted by molar-refractivity contribution is 1.68. The van der Waals surface area contributed by atoms with Crippen LogP contribution in [-0.2, 0) is 0 Å². The van der Waals surface area contributed by atoms with Crippen LogP contribution in [0.2, 0.25) is 5.02 Å². The average Bonchev–Trinajstić information content (AvgIpc) is 2.67. The molecule has 0 aliphatic rings. The Kier molecular flexibility index (Phi) is 3.26. The maximum atomic E-state index is 6.69. The molecule has 0 saturated heterocycles. The molecule has 5 rings (SSSR count). The lowest BCUT2D eigenvalue weighted by Crippen LogP contribution is -1.84. The first-order valence-electron chi connectivity index (χ1n) is 8.40. The largest absolute Gasteiger partial charge is 0.0836 e. The molecule has 1 heteroatoms. The van der Waals surface area contributed by atoms with E-state index < -0.39 is 0 Å². The van der Waals surface area contributed by atoms with E-state index in [0.29, 0.717) is 0 Å². The highest BCUT2D eigenvalue weighted by Gasteiger charge is 2.09. The lowest BCUT2D eigenvalue weighted by Gasteiger charge is -2.10. The molecule has 0 bridgehead atoms. The molecule has 0 N–H and O–H groups in total. The smallest absolute Gasteiger partial charge is 0.0491 e. The Bertz CT molecular complexity index is 1250. The fourth-order valence-electron chi connectivity index (χ4n) is 3.61. The van der Waals surface area contributed by atoms with Crippen molar-refractivity contribution in [3.8, 4) is 11.1 Å². The molecule has 0 nitrogen and oxygen atoms in total. The average molecular weight is 339 g/mol. The molecule has 5 aromatic rings. The van der Waals surface area contributed by atoms with E-state index in [1.54, 1.807) is 0 Å². The standard InChI is InChI=1S/C24H15Cl/c25-24-15-22-20(12-10-17-6-3-4-8-21(17)22)14-23(24)19-11-9-16-5-1-2-7-18(16)13-19/h1-15H. The van der Waals surface area contributed by atoms with Crippen LogP contribution in [0.1, 0.15) is 0 Å². The van der Waals surface area contributed by atoms with E-state index in [4.69, 9.17) is 11.6 Å². The van der Waals surface area contributed by atoms with Crippen molar-refractivity contribution in [2.45, 2.75) is 0 Å². The lowest BCUT2D eigenvalue weighted by atomic mass is 9.96. The predicted octanol–water partition coefficient (Wildman–Crippen LogP) is 7.47. The highest BCUT2D eigenvalue weighted by Crippen LogP contribution is 2.36. The van der Waals surface area contributed by atoms with Crippen molar-refractivity contribution in [3.63, 3.8) is 0 Å². The van der Waals surface area contributed by atoms with Crippen molar-refractivity contribution in [1.29, 1.82) is 0 Å². The maximum Gasteiger partial charge on any atom is 0.0491 e. The van der Waals surface area contributed by atoms with Crippen LogP contribution in [0, 0.1) is 0 Å². The number of hydrogen-bond acceptors (Lipinski definition) is 0. The highest BCUT2D eigenvalue weighted by molar-refractivity contribution is 6.34. The summed E-state index contributed by atoms with van der Waals surface area (Å²) in [5.74, 6) is 0. The van der Waals surface area contributed by atoms with Gasteiger partial charge in [-0.25, -0.2) is 0 Å². The van der Waals surface area contributed by atoms with Crippen LogP contribution in [0.5, 0.6) is 0 Å². The third-order valence-electron chi connectivity index (χ3n) is 4.89. The number of fused-ring (bicyclic) bond motifs is 4. The van der Waals surface area contributed by atoms with Gasteiger partial charge in [-0.3, -0.25) is 0 Å². The predicted molar refractivity (Wildman–Crippen MR) is 109 cm³/mol. The van der Waals surface area contributed by atoms with Crippen LogP contribution >= 0.6 is 11.6 Å². The molecule has 0 radical (unpaired) electrons. The third kappa shape index (κ3) is 2.38. The zero-order chi connectivity index (χ0) is 16.8. The Hall–Kier alpha value is -2.83. The summed E-state index contributed by atoms with van der Waals surface area (Å²) in [6, 6.07) is 32.0. The fraction of sp³-hybridized carbons (Fsp3) is 0. The normalized spacial score (nSPS) is 11.4. The first-order valence-corrected chi connectivity index (χ1v) is 8.78. The van der Waals surface area contributed by atoms with E-state index in [-0.39, 0.29) is 0 Å². The first-order chi connectivity index (χ1) is 12.3. The Morgan fingerprint density at radius 1 is 0.480 bits per heavy atom. The van der Waals surface area contributed by atoms with Gasteiger partial charge in [-0.2, -0.15) is 0 Å². The summed E-state index contributed by atoms with van der Waals surface area (Å²) in [7, 11) is 0. The summed E-state index contributed by atoms with van der Waals surface area (Å²) < 4.78 is 0. The van der Waals surface area contributed by atoms with E-state index in [2.05, 4.69) is 91.0 Å². The first kappa shape index (κ1) is 14.5. The van der Waals surface area contributed by atoms with Gasteiger partial charge in [0.25, 0.3) is 0 Å². The summed E-state index contributed by atoms with van der Waals surface area (Å²) >= 11 is 6.69. The Balaban J connectivity index is 1.78. The van der Waals surface area contributed by atoms with Crippen molar-refractivity contribution in [3.05, 3.63) is 96.0 Å². The topological polar surface area (TPSA) is 0 Å². The zero-order valence-corrected chi connectivity index (χ0v) is 14.3. The van der Waals surface area contributed by atoms with Gasteiger partial charge in [0.2, 0.25) is 0 Å². The summed E-state index contributed by atoms with van der Waals surface area (Å²) in [6.45, 7) is 0. The minimum atomic E-state index is 0.791. The molecule has 0 fully saturated rings. The van der Waals surface area contributed by atoms with Gasteiger partial charge in [0, 0.05) is 10.6 Å². The van der Waals surface area contributed by atoms with Crippen LogP contribution < -0.4 is 0 Å². The molecular formula is C24H15Cl. The van der Waals surface area contributed by atoms with E-state index in [1.165, 1.54) is 32.3 Å². The molecular weight excluding hydrogens is 324 g/mol. The zero-order valence-electron chi connectivity index (χ0n) is 13.5. The molecule has 0 aromatic heterocycles. The molecule has 5 aromatic carbocycles. The van der Waals surface area contributed by atoms with Crippen molar-refractivity contribution in [1.82, 2.24) is 0 Å². The van der Waals surface area contributed by atoms with Gasteiger partial charge in [0.15, 0.2) is 0 Å². The number of hydrogen-bond donors (Lipinski definition) is 0. The number of halogens is 1. The molecule has 0 atom stereocenters. The molecule has 118 valence electrons. The van der Waals surface area contributed by atoms with E-state index in [9.17, 15) is 0 Å². The van der Waals surface area contributed by atoms with E-state index >= 15 is 0 Å². The molecule has 0 heterocycles. The Labute approximate surface area is 151 Å². The Morgan fingerprint density at radius 2 is 1.16 bits per heavy atom. The van der Waals surface area contributed by atoms with Crippen molar-refractivity contribution in [2.75, 3.05) is 0 Å². The van der Waals surface area contributed by atoms with Crippen LogP contribution in [0.3, 0.4) is 0 Å². The molecule has 0 spiro atoms. The molecule has 0 aliphatic carbocycles. The van der Waals surface area contributed by atoms with Gasteiger partial charge < -0.3 is 0 Å². The third-order valence-corrected chi connectivity index (χ3v) is 5.21. The minimum absolute atomic E-state index is 0.791. The van der Waals surface area contributed by atoms with Crippen LogP contribution in [-0.4, -0.2) is 0 Å². The van der Waals surface area contributed by atoms with Gasteiger partial charge in [0.1, 0.15) is 0 Å². The number of benzene rings is 5. The fourth-order valence-corrected chi connectivity index (χ4v) is 3.88. The van der Waals surface area contributed by atoms with Gasteiger partial charge >= 0.3 is 0 Å². The highest BCUT2D eigenvalue weighted by atomic mass is 35.5. The van der Waals surface area contributed by atoms with E-state index in [1.807, 2.05) is 0 Å². The molecule has 0 amide bonds. The van der Waals surface area contributed by atoms with Gasteiger partial charge in [0.05, 0.1) is 0 Å². The summed E-state index contributed by atoms with van der Waals surface area (Å²) in [6.07, 6.45) is 0. The molecule has 0 aliphatic heterocycles. The quantitative estimate of drug-likeness (QED) is 0.278. The maximum absolute atomic E-state index is 6.69. The van der Waals surface area contributed by atoms with Crippen molar-refractivity contribution in [2.24, 2.45) is 0 Å². The van der Waals surface area contributed by atoms with Crippen LogP contribution in [0.15, 0.2) is 91.0 Å². The molecule has 0 saturated carbocycles. The summed E-state index contributed by atoms with van der Waals surface area (Å²) in [4.78, 5) is 0. The monoisotopic (exact) mass is 338 g/mol. The second-order valence-electron chi connectivity index (χ2n) is 6.40. The molecule has 0 unspecified atom stereocenters. The van der Waals surface area contributed by atoms with Gasteiger partial charge in [-0.1, -0.05) is 84.4 Å². The SMILES string of the molecule is Clc1cc2c(ccc3ccccc32)cc1-c1ccc2ccccc2c1. The second kappa shape index (κ2) is 5.61. The van der Waals surface area contributed by atoms with Gasteiger partial charge in [-0.05, 0) is 56.1 Å². The van der Waals surface area contributed by atoms with Crippen LogP contribution in [0.25, 0.3) is 43.4 Å². The molecule has 25 heavy (non-hydrogen) atoms.